The molecule has 24 heavy (non-hydrogen) atoms. The van der Waals surface area contributed by atoms with Crippen LogP contribution in [0.5, 0.6) is 0 Å². The molecule has 1 aromatic rings. The Hall–Kier alpha value is -1.14. The van der Waals surface area contributed by atoms with Gasteiger partial charge in [0.15, 0.2) is 0 Å². The molecule has 3 atom stereocenters. The summed E-state index contributed by atoms with van der Waals surface area (Å²) in [4.78, 5) is 14.9. The van der Waals surface area contributed by atoms with Gasteiger partial charge < -0.3 is 10.0 Å². The van der Waals surface area contributed by atoms with Crippen molar-refractivity contribution in [2.24, 2.45) is 5.92 Å². The monoisotopic (exact) mass is 349 g/mol. The predicted octanol–water partition coefficient (Wildman–Crippen LogP) is 2.31. The highest BCUT2D eigenvalue weighted by atomic mass is 35.5. The van der Waals surface area contributed by atoms with Crippen LogP contribution in [0.4, 0.5) is 0 Å². The summed E-state index contributed by atoms with van der Waals surface area (Å²) < 4.78 is 0. The molecular weight excluding hydrogens is 326 g/mol. The quantitative estimate of drug-likeness (QED) is 0.860. The third-order valence-corrected chi connectivity index (χ3v) is 6.14. The van der Waals surface area contributed by atoms with Gasteiger partial charge in [0.2, 0.25) is 5.72 Å². The first-order chi connectivity index (χ1) is 11.5. The first-order valence-corrected chi connectivity index (χ1v) is 9.18. The Kier molecular flexibility index (Phi) is 4.07. The van der Waals surface area contributed by atoms with E-state index in [-0.39, 0.29) is 23.9 Å². The Bertz CT molecular complexity index is 632. The molecule has 0 aromatic heterocycles. The van der Waals surface area contributed by atoms with E-state index in [4.69, 9.17) is 11.6 Å². The molecule has 0 radical (unpaired) electrons. The van der Waals surface area contributed by atoms with Crippen molar-refractivity contribution in [2.45, 2.75) is 49.9 Å². The first-order valence-electron chi connectivity index (χ1n) is 8.80. The number of rotatable bonds is 2. The van der Waals surface area contributed by atoms with E-state index in [1.807, 2.05) is 41.2 Å². The highest BCUT2D eigenvalue weighted by Crippen LogP contribution is 2.46. The minimum Gasteiger partial charge on any atom is -0.366 e. The second-order valence-electron chi connectivity index (χ2n) is 7.34. The van der Waals surface area contributed by atoms with Crippen LogP contribution in [0.15, 0.2) is 24.3 Å². The lowest BCUT2D eigenvalue weighted by Gasteiger charge is -2.33. The van der Waals surface area contributed by atoms with E-state index in [1.165, 1.54) is 19.3 Å². The van der Waals surface area contributed by atoms with Crippen molar-refractivity contribution in [3.63, 3.8) is 0 Å². The largest absolute Gasteiger partial charge is 0.366 e. The Morgan fingerprint density at radius 1 is 1.21 bits per heavy atom. The zero-order chi connectivity index (χ0) is 16.9. The van der Waals surface area contributed by atoms with E-state index in [1.54, 1.807) is 0 Å². The average molecular weight is 350 g/mol. The molecule has 2 heterocycles. The standard InChI is InChI=1S/C18H24ClN3O2/c1-21-16(12-7-9-13(19)10-8-12)15-11-22(14-5-3-2-4-6-14)17(23)18(15,24)20-21/h7-10,14-16,20,24H,2-6,11H2,1H3/t15-,16+,18-/m1/s1. The maximum absolute atomic E-state index is 13.0. The van der Waals surface area contributed by atoms with Crippen molar-refractivity contribution in [3.8, 4) is 0 Å². The lowest BCUT2D eigenvalue weighted by molar-refractivity contribution is -0.151. The van der Waals surface area contributed by atoms with Crippen molar-refractivity contribution in [2.75, 3.05) is 13.6 Å². The van der Waals surface area contributed by atoms with Crippen LogP contribution in [0.25, 0.3) is 0 Å². The summed E-state index contributed by atoms with van der Waals surface area (Å²) in [5, 5.41) is 13.6. The third kappa shape index (κ3) is 2.46. The van der Waals surface area contributed by atoms with Crippen molar-refractivity contribution in [3.05, 3.63) is 34.9 Å². The van der Waals surface area contributed by atoms with Gasteiger partial charge in [0.05, 0.1) is 12.0 Å². The first kappa shape index (κ1) is 16.3. The van der Waals surface area contributed by atoms with Crippen LogP contribution < -0.4 is 5.43 Å². The van der Waals surface area contributed by atoms with Gasteiger partial charge >= 0.3 is 0 Å². The SMILES string of the molecule is CN1N[C@]2(O)C(=O)N(C3CCCCC3)C[C@@H]2[C@@H]1c1ccc(Cl)cc1. The number of hydrogen-bond donors (Lipinski definition) is 2. The maximum Gasteiger partial charge on any atom is 0.271 e. The van der Waals surface area contributed by atoms with Crippen LogP contribution in [0, 0.1) is 5.92 Å². The number of aliphatic hydroxyl groups is 1. The van der Waals surface area contributed by atoms with E-state index in [0.717, 1.165) is 18.4 Å². The number of likely N-dealkylation sites (tertiary alicyclic amines) is 1. The van der Waals surface area contributed by atoms with Gasteiger partial charge in [-0.1, -0.05) is 43.0 Å². The number of carbonyl (C=O) groups excluding carboxylic acids is 1. The number of amides is 1. The molecule has 0 unspecified atom stereocenters. The van der Waals surface area contributed by atoms with Crippen molar-refractivity contribution in [1.29, 1.82) is 0 Å². The minimum absolute atomic E-state index is 0.0511. The molecule has 2 saturated heterocycles. The number of halogens is 1. The highest BCUT2D eigenvalue weighted by Gasteiger charge is 2.62. The summed E-state index contributed by atoms with van der Waals surface area (Å²) in [5.41, 5.74) is 2.61. The number of nitrogens with zero attached hydrogens (tertiary/aromatic N) is 2. The fraction of sp³-hybridized carbons (Fsp3) is 0.611. The third-order valence-electron chi connectivity index (χ3n) is 5.89. The molecule has 0 bridgehead atoms. The van der Waals surface area contributed by atoms with Gasteiger partial charge in [0, 0.05) is 24.7 Å². The molecule has 4 rings (SSSR count). The molecular formula is C18H24ClN3O2. The van der Waals surface area contributed by atoms with Gasteiger partial charge in [-0.15, -0.1) is 0 Å². The normalized spacial score (nSPS) is 34.8. The van der Waals surface area contributed by atoms with Gasteiger partial charge in [-0.2, -0.15) is 0 Å². The molecule has 3 fully saturated rings. The molecule has 5 nitrogen and oxygen atoms in total. The number of fused-ring (bicyclic) bond motifs is 1. The van der Waals surface area contributed by atoms with Gasteiger partial charge in [0.25, 0.3) is 5.91 Å². The Morgan fingerprint density at radius 3 is 2.54 bits per heavy atom. The number of carbonyl (C=O) groups is 1. The predicted molar refractivity (Wildman–Crippen MR) is 92.1 cm³/mol. The van der Waals surface area contributed by atoms with E-state index in [0.29, 0.717) is 11.6 Å². The van der Waals surface area contributed by atoms with Gasteiger partial charge in [-0.25, -0.2) is 10.4 Å². The molecule has 130 valence electrons. The zero-order valence-electron chi connectivity index (χ0n) is 13.9. The van der Waals surface area contributed by atoms with Gasteiger partial charge in [-0.05, 0) is 30.5 Å². The van der Waals surface area contributed by atoms with Crippen LogP contribution in [0.2, 0.25) is 5.02 Å². The van der Waals surface area contributed by atoms with Gasteiger partial charge in [-0.3, -0.25) is 4.79 Å². The molecule has 3 aliphatic rings. The minimum atomic E-state index is -1.49. The van der Waals surface area contributed by atoms with E-state index < -0.39 is 5.72 Å². The summed E-state index contributed by atoms with van der Waals surface area (Å²) in [7, 11) is 1.88. The Labute approximate surface area is 147 Å². The van der Waals surface area contributed by atoms with Crippen LogP contribution >= 0.6 is 11.6 Å². The number of hydrogen-bond acceptors (Lipinski definition) is 4. The van der Waals surface area contributed by atoms with Crippen LogP contribution in [-0.2, 0) is 4.79 Å². The molecule has 1 aliphatic carbocycles. The summed E-state index contributed by atoms with van der Waals surface area (Å²) in [6.45, 7) is 0.602. The zero-order valence-corrected chi connectivity index (χ0v) is 14.7. The lowest BCUT2D eigenvalue weighted by atomic mass is 9.89. The fourth-order valence-electron chi connectivity index (χ4n) is 4.70. The van der Waals surface area contributed by atoms with Crippen molar-refractivity contribution in [1.82, 2.24) is 15.3 Å². The summed E-state index contributed by atoms with van der Waals surface area (Å²) in [6, 6.07) is 7.90. The van der Waals surface area contributed by atoms with E-state index in [9.17, 15) is 9.90 Å². The van der Waals surface area contributed by atoms with E-state index >= 15 is 0 Å². The van der Waals surface area contributed by atoms with Crippen molar-refractivity contribution >= 4 is 17.5 Å². The summed E-state index contributed by atoms with van der Waals surface area (Å²) >= 11 is 6.00. The molecule has 2 aliphatic heterocycles. The molecule has 6 heteroatoms. The van der Waals surface area contributed by atoms with E-state index in [2.05, 4.69) is 5.43 Å². The average Bonchev–Trinajstić information content (AvgIpc) is 2.98. The maximum atomic E-state index is 13.0. The smallest absolute Gasteiger partial charge is 0.271 e. The molecule has 0 spiro atoms. The second kappa shape index (κ2) is 5.99. The topological polar surface area (TPSA) is 55.8 Å². The van der Waals surface area contributed by atoms with Gasteiger partial charge in [0.1, 0.15) is 0 Å². The fourth-order valence-corrected chi connectivity index (χ4v) is 4.82. The summed E-state index contributed by atoms with van der Waals surface area (Å²) in [5.74, 6) is -0.346. The van der Waals surface area contributed by atoms with Crippen LogP contribution in [0.3, 0.4) is 0 Å². The van der Waals surface area contributed by atoms with Crippen LogP contribution in [-0.4, -0.2) is 46.3 Å². The summed E-state index contributed by atoms with van der Waals surface area (Å²) in [6.07, 6.45) is 5.70. The molecule has 1 aromatic carbocycles. The number of hydrazine groups is 1. The Balaban J connectivity index is 1.63. The van der Waals surface area contributed by atoms with Crippen LogP contribution in [0.1, 0.15) is 43.7 Å². The van der Waals surface area contributed by atoms with Crippen molar-refractivity contribution < 1.29 is 9.90 Å². The second-order valence-corrected chi connectivity index (χ2v) is 7.78. The molecule has 2 N–H and O–H groups in total. The Morgan fingerprint density at radius 2 is 1.88 bits per heavy atom. The molecule has 1 amide bonds. The highest BCUT2D eigenvalue weighted by molar-refractivity contribution is 6.30. The number of benzene rings is 1. The molecule has 1 saturated carbocycles. The number of nitrogens with one attached hydrogen (secondary N) is 1. The lowest BCUT2D eigenvalue weighted by Crippen LogP contribution is -2.54.